The monoisotopic (exact) mass is 243 g/mol. The Morgan fingerprint density at radius 1 is 1.33 bits per heavy atom. The number of nitrogens with two attached hydrogens (primary N) is 1. The molecule has 0 saturated carbocycles. The number of aromatic nitrogens is 1. The zero-order valence-corrected chi connectivity index (χ0v) is 11.2. The summed E-state index contributed by atoms with van der Waals surface area (Å²) < 4.78 is 2.24. The zero-order valence-electron chi connectivity index (χ0n) is 11.2. The summed E-state index contributed by atoms with van der Waals surface area (Å²) in [4.78, 5) is 0. The number of nitrogens with one attached hydrogen (secondary N) is 1. The van der Waals surface area contributed by atoms with E-state index in [0.717, 1.165) is 26.1 Å². The number of hydrogen-bond acceptors (Lipinski definition) is 2. The summed E-state index contributed by atoms with van der Waals surface area (Å²) in [6, 6.07) is 4.70. The molecule has 0 saturated heterocycles. The Morgan fingerprint density at radius 2 is 2.06 bits per heavy atom. The Morgan fingerprint density at radius 3 is 2.78 bits per heavy atom. The van der Waals surface area contributed by atoms with Crippen LogP contribution in [0.3, 0.4) is 0 Å². The molecule has 3 nitrogen and oxygen atoms in total. The number of rotatable bonds is 3. The van der Waals surface area contributed by atoms with Crippen LogP contribution in [-0.4, -0.2) is 11.1 Å². The second-order valence-corrected chi connectivity index (χ2v) is 5.55. The van der Waals surface area contributed by atoms with E-state index in [1.54, 1.807) is 0 Å². The number of benzene rings is 1. The predicted molar refractivity (Wildman–Crippen MR) is 75.4 cm³/mol. The summed E-state index contributed by atoms with van der Waals surface area (Å²) >= 11 is 0. The highest BCUT2D eigenvalue weighted by Gasteiger charge is 2.15. The highest BCUT2D eigenvalue weighted by molar-refractivity contribution is 5.85. The van der Waals surface area contributed by atoms with E-state index in [-0.39, 0.29) is 0 Å². The SMILES string of the molecule is CC(CN)Cc1cn(C)c2cc3c(cc12)CNC3. The Labute approximate surface area is 108 Å². The van der Waals surface area contributed by atoms with Crippen LogP contribution in [0.5, 0.6) is 0 Å². The third kappa shape index (κ3) is 1.84. The van der Waals surface area contributed by atoms with Crippen LogP contribution in [0.15, 0.2) is 18.3 Å². The smallest absolute Gasteiger partial charge is 0.0484 e. The van der Waals surface area contributed by atoms with E-state index in [2.05, 4.69) is 42.2 Å². The third-order valence-corrected chi connectivity index (χ3v) is 4.00. The van der Waals surface area contributed by atoms with Crippen molar-refractivity contribution in [1.82, 2.24) is 9.88 Å². The standard InChI is InChI=1S/C15H21N3/c1-10(6-16)3-13-9-18(2)15-5-12-8-17-7-11(12)4-14(13)15/h4-5,9-10,17H,3,6-8,16H2,1-2H3. The second kappa shape index (κ2) is 4.41. The van der Waals surface area contributed by atoms with Crippen LogP contribution in [0, 0.1) is 5.92 Å². The molecule has 3 N–H and O–H groups in total. The van der Waals surface area contributed by atoms with Gasteiger partial charge in [0, 0.05) is 37.2 Å². The Bertz CT molecular complexity index is 583. The van der Waals surface area contributed by atoms with Crippen molar-refractivity contribution < 1.29 is 0 Å². The normalized spacial score (nSPS) is 16.2. The number of fused-ring (bicyclic) bond motifs is 2. The minimum atomic E-state index is 0.543. The first-order valence-electron chi connectivity index (χ1n) is 6.69. The number of hydrogen-bond donors (Lipinski definition) is 2. The summed E-state index contributed by atoms with van der Waals surface area (Å²) in [5.74, 6) is 0.543. The summed E-state index contributed by atoms with van der Waals surface area (Å²) in [5.41, 5.74) is 11.4. The van der Waals surface area contributed by atoms with Crippen LogP contribution in [0.1, 0.15) is 23.6 Å². The van der Waals surface area contributed by atoms with Gasteiger partial charge in [-0.1, -0.05) is 6.92 Å². The van der Waals surface area contributed by atoms with E-state index in [9.17, 15) is 0 Å². The highest BCUT2D eigenvalue weighted by Crippen LogP contribution is 2.28. The zero-order chi connectivity index (χ0) is 12.7. The minimum absolute atomic E-state index is 0.543. The highest BCUT2D eigenvalue weighted by atomic mass is 14.9. The molecule has 1 atom stereocenters. The maximum atomic E-state index is 5.74. The molecule has 0 amide bonds. The molecular formula is C15H21N3. The summed E-state index contributed by atoms with van der Waals surface area (Å²) in [6.45, 7) is 4.98. The summed E-state index contributed by atoms with van der Waals surface area (Å²) in [7, 11) is 2.13. The first-order chi connectivity index (χ1) is 8.69. The summed E-state index contributed by atoms with van der Waals surface area (Å²) in [5, 5.41) is 4.82. The van der Waals surface area contributed by atoms with Gasteiger partial charge in [0.25, 0.3) is 0 Å². The second-order valence-electron chi connectivity index (χ2n) is 5.55. The van der Waals surface area contributed by atoms with Crippen molar-refractivity contribution in [2.75, 3.05) is 6.54 Å². The van der Waals surface area contributed by atoms with Crippen LogP contribution >= 0.6 is 0 Å². The molecular weight excluding hydrogens is 222 g/mol. The topological polar surface area (TPSA) is 43.0 Å². The van der Waals surface area contributed by atoms with Crippen LogP contribution in [0.2, 0.25) is 0 Å². The lowest BCUT2D eigenvalue weighted by molar-refractivity contribution is 0.594. The van der Waals surface area contributed by atoms with Gasteiger partial charge < -0.3 is 15.6 Å². The fourth-order valence-corrected chi connectivity index (χ4v) is 2.88. The first-order valence-corrected chi connectivity index (χ1v) is 6.69. The van der Waals surface area contributed by atoms with Crippen molar-refractivity contribution in [1.29, 1.82) is 0 Å². The summed E-state index contributed by atoms with van der Waals surface area (Å²) in [6.07, 6.45) is 3.33. The van der Waals surface area contributed by atoms with E-state index in [4.69, 9.17) is 5.73 Å². The molecule has 2 heterocycles. The van der Waals surface area contributed by atoms with Crippen molar-refractivity contribution >= 4 is 10.9 Å². The Balaban J connectivity index is 2.10. The van der Waals surface area contributed by atoms with Gasteiger partial charge in [-0.15, -0.1) is 0 Å². The molecule has 1 unspecified atom stereocenters. The molecule has 0 aliphatic carbocycles. The molecule has 96 valence electrons. The van der Waals surface area contributed by atoms with E-state index in [1.807, 2.05) is 0 Å². The van der Waals surface area contributed by atoms with Gasteiger partial charge in [0.2, 0.25) is 0 Å². The van der Waals surface area contributed by atoms with E-state index in [0.29, 0.717) is 5.92 Å². The lowest BCUT2D eigenvalue weighted by atomic mass is 9.99. The minimum Gasteiger partial charge on any atom is -0.350 e. The van der Waals surface area contributed by atoms with Gasteiger partial charge in [-0.05, 0) is 47.7 Å². The average molecular weight is 243 g/mol. The van der Waals surface area contributed by atoms with Crippen molar-refractivity contribution in [3.8, 4) is 0 Å². The maximum Gasteiger partial charge on any atom is 0.0484 e. The third-order valence-electron chi connectivity index (χ3n) is 4.00. The quantitative estimate of drug-likeness (QED) is 0.865. The Kier molecular flexibility index (Phi) is 2.88. The molecule has 3 rings (SSSR count). The van der Waals surface area contributed by atoms with Crippen LogP contribution in [0.25, 0.3) is 10.9 Å². The predicted octanol–water partition coefficient (Wildman–Crippen LogP) is 1.92. The van der Waals surface area contributed by atoms with Gasteiger partial charge in [-0.3, -0.25) is 0 Å². The van der Waals surface area contributed by atoms with Crippen molar-refractivity contribution in [2.24, 2.45) is 18.7 Å². The molecule has 0 bridgehead atoms. The van der Waals surface area contributed by atoms with Crippen molar-refractivity contribution in [2.45, 2.75) is 26.4 Å². The van der Waals surface area contributed by atoms with E-state index in [1.165, 1.54) is 27.6 Å². The van der Waals surface area contributed by atoms with Gasteiger partial charge in [0.05, 0.1) is 0 Å². The molecule has 1 aliphatic heterocycles. The molecule has 1 aromatic carbocycles. The molecule has 1 aromatic heterocycles. The molecule has 0 fully saturated rings. The van der Waals surface area contributed by atoms with E-state index < -0.39 is 0 Å². The van der Waals surface area contributed by atoms with E-state index >= 15 is 0 Å². The molecule has 1 aliphatic rings. The fourth-order valence-electron chi connectivity index (χ4n) is 2.88. The van der Waals surface area contributed by atoms with Crippen LogP contribution in [0.4, 0.5) is 0 Å². The lowest BCUT2D eigenvalue weighted by Gasteiger charge is -2.07. The van der Waals surface area contributed by atoms with Crippen molar-refractivity contribution in [3.05, 3.63) is 35.0 Å². The molecule has 3 heteroatoms. The Hall–Kier alpha value is -1.32. The van der Waals surface area contributed by atoms with Gasteiger partial charge in [-0.25, -0.2) is 0 Å². The molecule has 2 aromatic rings. The van der Waals surface area contributed by atoms with Gasteiger partial charge in [-0.2, -0.15) is 0 Å². The van der Waals surface area contributed by atoms with Gasteiger partial charge >= 0.3 is 0 Å². The number of nitrogens with zero attached hydrogens (tertiary/aromatic N) is 1. The molecule has 0 spiro atoms. The van der Waals surface area contributed by atoms with Crippen molar-refractivity contribution in [3.63, 3.8) is 0 Å². The molecule has 18 heavy (non-hydrogen) atoms. The molecule has 0 radical (unpaired) electrons. The first kappa shape index (κ1) is 11.8. The lowest BCUT2D eigenvalue weighted by Crippen LogP contribution is -2.12. The van der Waals surface area contributed by atoms with Crippen LogP contribution < -0.4 is 11.1 Å². The van der Waals surface area contributed by atoms with Gasteiger partial charge in [0.1, 0.15) is 0 Å². The average Bonchev–Trinajstić information content (AvgIpc) is 2.93. The fraction of sp³-hybridized carbons (Fsp3) is 0.467. The van der Waals surface area contributed by atoms with Crippen LogP contribution in [-0.2, 0) is 26.6 Å². The maximum absolute atomic E-state index is 5.74. The van der Waals surface area contributed by atoms with Gasteiger partial charge in [0.15, 0.2) is 0 Å². The largest absolute Gasteiger partial charge is 0.350 e. The number of aryl methyl sites for hydroxylation is 1.